The van der Waals surface area contributed by atoms with E-state index in [-0.39, 0.29) is 22.7 Å². The average molecular weight is 461 g/mol. The number of carbonyl (C=O) groups excluding carboxylic acids is 1. The smallest absolute Gasteiger partial charge is 0.274 e. The van der Waals surface area contributed by atoms with Gasteiger partial charge in [0.05, 0.1) is 28.0 Å². The minimum Gasteiger partial charge on any atom is -0.497 e. The van der Waals surface area contributed by atoms with Gasteiger partial charge in [0.25, 0.3) is 11.1 Å². The van der Waals surface area contributed by atoms with Crippen molar-refractivity contribution in [3.05, 3.63) is 48.0 Å². The lowest BCUT2D eigenvalue weighted by atomic mass is 10.1. The summed E-state index contributed by atoms with van der Waals surface area (Å²) in [5.41, 5.74) is 1.34. The van der Waals surface area contributed by atoms with E-state index in [4.69, 9.17) is 9.47 Å². The van der Waals surface area contributed by atoms with Crippen molar-refractivity contribution in [3.8, 4) is 10.9 Å². The number of fused-ring (bicyclic) bond motifs is 1. The molecule has 0 atom stereocenters. The summed E-state index contributed by atoms with van der Waals surface area (Å²) < 4.78 is 36.2. The van der Waals surface area contributed by atoms with Crippen LogP contribution in [0.3, 0.4) is 0 Å². The Hall–Kier alpha value is -2.65. The number of piperidine rings is 1. The monoisotopic (exact) mass is 460 g/mol. The first-order valence-corrected chi connectivity index (χ1v) is 12.6. The number of nitrogens with zero attached hydrogens (tertiary/aromatic N) is 2. The Morgan fingerprint density at radius 2 is 1.87 bits per heavy atom. The molecule has 9 heteroatoms. The van der Waals surface area contributed by atoms with Crippen LogP contribution in [0.2, 0.25) is 0 Å². The molecule has 2 aromatic carbocycles. The first-order valence-electron chi connectivity index (χ1n) is 10.1. The minimum absolute atomic E-state index is 0.00332. The number of aromatic nitrogens is 1. The van der Waals surface area contributed by atoms with Gasteiger partial charge in [0, 0.05) is 37.6 Å². The van der Waals surface area contributed by atoms with E-state index in [1.54, 1.807) is 31.1 Å². The van der Waals surface area contributed by atoms with Crippen molar-refractivity contribution in [2.75, 3.05) is 26.0 Å². The predicted molar refractivity (Wildman–Crippen MR) is 120 cm³/mol. The van der Waals surface area contributed by atoms with Gasteiger partial charge in [0.2, 0.25) is 0 Å². The number of hydrogen-bond donors (Lipinski definition) is 0. The van der Waals surface area contributed by atoms with Gasteiger partial charge in [-0.2, -0.15) is 0 Å². The van der Waals surface area contributed by atoms with E-state index >= 15 is 0 Å². The van der Waals surface area contributed by atoms with Gasteiger partial charge in [0.15, 0.2) is 9.84 Å². The molecule has 1 aliphatic heterocycles. The van der Waals surface area contributed by atoms with E-state index in [1.165, 1.54) is 23.5 Å². The third-order valence-corrected chi connectivity index (χ3v) is 8.09. The van der Waals surface area contributed by atoms with Gasteiger partial charge in [-0.25, -0.2) is 13.4 Å². The molecule has 0 radical (unpaired) electrons. The highest BCUT2D eigenvalue weighted by Gasteiger charge is 2.26. The Morgan fingerprint density at radius 1 is 1.16 bits per heavy atom. The maximum Gasteiger partial charge on any atom is 0.274 e. The highest BCUT2D eigenvalue weighted by molar-refractivity contribution is 7.91. The summed E-state index contributed by atoms with van der Waals surface area (Å²) in [4.78, 5) is 19.4. The maximum absolute atomic E-state index is 12.8. The third kappa shape index (κ3) is 4.67. The highest BCUT2D eigenvalue weighted by Crippen LogP contribution is 2.32. The molecule has 0 N–H and O–H groups in total. The number of methoxy groups -OCH3 is 1. The number of hydrogen-bond acceptors (Lipinski definition) is 7. The normalized spacial score (nSPS) is 15.2. The van der Waals surface area contributed by atoms with E-state index in [9.17, 15) is 13.2 Å². The third-order valence-electron chi connectivity index (χ3n) is 5.41. The van der Waals surface area contributed by atoms with Crippen molar-refractivity contribution in [1.82, 2.24) is 9.88 Å². The van der Waals surface area contributed by atoms with Crippen LogP contribution in [-0.4, -0.2) is 56.3 Å². The van der Waals surface area contributed by atoms with Gasteiger partial charge in [-0.3, -0.25) is 4.79 Å². The van der Waals surface area contributed by atoms with Gasteiger partial charge >= 0.3 is 0 Å². The predicted octanol–water partition coefficient (Wildman–Crippen LogP) is 3.78. The Bertz CT molecular complexity index is 1180. The van der Waals surface area contributed by atoms with E-state index < -0.39 is 9.84 Å². The van der Waals surface area contributed by atoms with Gasteiger partial charge in [0.1, 0.15) is 11.9 Å². The molecular weight excluding hydrogens is 436 g/mol. The Labute approximate surface area is 185 Å². The second kappa shape index (κ2) is 8.84. The molecule has 31 heavy (non-hydrogen) atoms. The number of carbonyl (C=O) groups is 1. The first kappa shape index (κ1) is 21.6. The molecule has 1 aromatic heterocycles. The fourth-order valence-corrected chi connectivity index (χ4v) is 5.28. The summed E-state index contributed by atoms with van der Waals surface area (Å²) in [6.45, 7) is 2.76. The molecule has 1 amide bonds. The number of rotatable bonds is 6. The molecule has 0 saturated carbocycles. The van der Waals surface area contributed by atoms with Crippen LogP contribution in [-0.2, 0) is 9.84 Å². The van der Waals surface area contributed by atoms with Crippen LogP contribution in [0.25, 0.3) is 10.2 Å². The number of amides is 1. The summed E-state index contributed by atoms with van der Waals surface area (Å²) in [7, 11) is -1.64. The molecule has 2 heterocycles. The van der Waals surface area contributed by atoms with Crippen LogP contribution in [0.5, 0.6) is 10.9 Å². The lowest BCUT2D eigenvalue weighted by Gasteiger charge is -2.31. The second-order valence-electron chi connectivity index (χ2n) is 7.35. The van der Waals surface area contributed by atoms with Crippen LogP contribution >= 0.6 is 11.3 Å². The molecular formula is C22H24N2O5S2. The SMILES string of the molecule is CCS(=O)(=O)c1ccc(C(=O)N2CCC(Oc3nc4cc(OC)ccc4s3)CC2)cc1. The molecule has 0 aliphatic carbocycles. The average Bonchev–Trinajstić information content (AvgIpc) is 3.20. The fourth-order valence-electron chi connectivity index (χ4n) is 3.54. The fraction of sp³-hybridized carbons (Fsp3) is 0.364. The lowest BCUT2D eigenvalue weighted by molar-refractivity contribution is 0.0595. The lowest BCUT2D eigenvalue weighted by Crippen LogP contribution is -2.41. The van der Waals surface area contributed by atoms with E-state index in [1.807, 2.05) is 18.2 Å². The Morgan fingerprint density at radius 3 is 2.52 bits per heavy atom. The maximum atomic E-state index is 12.8. The Kier molecular flexibility index (Phi) is 6.15. The van der Waals surface area contributed by atoms with Gasteiger partial charge in [-0.05, 0) is 36.4 Å². The van der Waals surface area contributed by atoms with Gasteiger partial charge in [-0.1, -0.05) is 18.3 Å². The van der Waals surface area contributed by atoms with Crippen LogP contribution < -0.4 is 9.47 Å². The van der Waals surface area contributed by atoms with E-state index in [2.05, 4.69) is 4.98 Å². The summed E-state index contributed by atoms with van der Waals surface area (Å²) >= 11 is 1.50. The molecule has 7 nitrogen and oxygen atoms in total. The quantitative estimate of drug-likeness (QED) is 0.556. The number of likely N-dealkylation sites (tertiary alicyclic amines) is 1. The molecule has 3 aromatic rings. The van der Waals surface area contributed by atoms with Gasteiger partial charge < -0.3 is 14.4 Å². The van der Waals surface area contributed by atoms with Crippen LogP contribution in [0.4, 0.5) is 0 Å². The molecule has 0 bridgehead atoms. The Balaban J connectivity index is 1.35. The van der Waals surface area contributed by atoms with Crippen LogP contribution in [0.1, 0.15) is 30.1 Å². The summed E-state index contributed by atoms with van der Waals surface area (Å²) in [5, 5.41) is 0.626. The molecule has 1 saturated heterocycles. The molecule has 0 spiro atoms. The van der Waals surface area contributed by atoms with Crippen molar-refractivity contribution >= 4 is 37.3 Å². The molecule has 1 fully saturated rings. The summed E-state index contributed by atoms with van der Waals surface area (Å²) in [6, 6.07) is 11.9. The van der Waals surface area contributed by atoms with Crippen molar-refractivity contribution in [3.63, 3.8) is 0 Å². The standard InChI is InChI=1S/C22H24N2O5S2/c1-3-31(26,27)18-7-4-15(5-8-18)21(25)24-12-10-16(11-13-24)29-22-23-19-14-17(28-2)6-9-20(19)30-22/h4-9,14,16H,3,10-13H2,1-2H3. The minimum atomic E-state index is -3.27. The zero-order valence-corrected chi connectivity index (χ0v) is 19.0. The van der Waals surface area contributed by atoms with E-state index in [0.29, 0.717) is 36.7 Å². The molecule has 164 valence electrons. The molecule has 1 aliphatic rings. The number of sulfone groups is 1. The summed E-state index contributed by atoms with van der Waals surface area (Å²) in [6.07, 6.45) is 1.43. The van der Waals surface area contributed by atoms with Crippen LogP contribution in [0, 0.1) is 0 Å². The van der Waals surface area contributed by atoms with E-state index in [0.717, 1.165) is 16.0 Å². The largest absolute Gasteiger partial charge is 0.497 e. The van der Waals surface area contributed by atoms with Crippen LogP contribution in [0.15, 0.2) is 47.4 Å². The van der Waals surface area contributed by atoms with Gasteiger partial charge in [-0.15, -0.1) is 0 Å². The highest BCUT2D eigenvalue weighted by atomic mass is 32.2. The zero-order chi connectivity index (χ0) is 22.0. The molecule has 4 rings (SSSR count). The van der Waals surface area contributed by atoms with Crippen molar-refractivity contribution in [2.24, 2.45) is 0 Å². The van der Waals surface area contributed by atoms with Crippen molar-refractivity contribution < 1.29 is 22.7 Å². The zero-order valence-electron chi connectivity index (χ0n) is 17.4. The number of benzene rings is 2. The molecule has 0 unspecified atom stereocenters. The topological polar surface area (TPSA) is 85.8 Å². The second-order valence-corrected chi connectivity index (χ2v) is 10.6. The number of ether oxygens (including phenoxy) is 2. The van der Waals surface area contributed by atoms with Crippen molar-refractivity contribution in [2.45, 2.75) is 30.8 Å². The first-order chi connectivity index (χ1) is 14.9. The summed E-state index contributed by atoms with van der Waals surface area (Å²) in [5.74, 6) is 0.707. The van der Waals surface area contributed by atoms with Crippen molar-refractivity contribution in [1.29, 1.82) is 0 Å². The number of thiazole rings is 1.